The molecule has 71 valence electrons. The summed E-state index contributed by atoms with van der Waals surface area (Å²) in [5.41, 5.74) is 0. The fourth-order valence-corrected chi connectivity index (χ4v) is 4.55. The first-order valence-electron chi connectivity index (χ1n) is 2.63. The largest absolute Gasteiger partial charge is 0.0483 e. The average molecular weight is 673 g/mol. The Morgan fingerprint density at radius 1 is 0.385 bits per heavy atom. The smallest absolute Gasteiger partial charge is 0.0483 e. The molecule has 0 nitrogen and oxygen atoms in total. The van der Waals surface area contributed by atoms with Crippen molar-refractivity contribution in [2.75, 3.05) is 0 Å². The van der Waals surface area contributed by atoms with Crippen molar-refractivity contribution in [3.8, 4) is 0 Å². The number of halogens is 6. The van der Waals surface area contributed by atoms with Crippen molar-refractivity contribution in [3.63, 3.8) is 0 Å². The minimum absolute atomic E-state index is 0. The van der Waals surface area contributed by atoms with Crippen LogP contribution in [0, 0.1) is 0 Å². The van der Waals surface area contributed by atoms with Gasteiger partial charge in [-0.25, -0.2) is 0 Å². The Labute approximate surface area is 144 Å². The van der Waals surface area contributed by atoms with E-state index in [1.807, 2.05) is 0 Å². The topological polar surface area (TPSA) is 0 Å². The minimum atomic E-state index is 0. The molecule has 0 spiro atoms. The summed E-state index contributed by atoms with van der Waals surface area (Å²) >= 11 is 20.6. The van der Waals surface area contributed by atoms with Crippen molar-refractivity contribution in [3.05, 3.63) is 26.8 Å². The fourth-order valence-electron chi connectivity index (χ4n) is 0.578. The number of hydrogen-bond acceptors (Lipinski definition) is 0. The maximum Gasteiger partial charge on any atom is 0.0483 e. The van der Waals surface area contributed by atoms with Crippen molar-refractivity contribution < 1.29 is 0 Å². The molecule has 0 unspecified atom stereocenters. The molecule has 1 rings (SSSR count). The summed E-state index contributed by atoms with van der Waals surface area (Å²) < 4.78 is 5.86. The van der Waals surface area contributed by atoms with Gasteiger partial charge < -0.3 is 0 Å². The van der Waals surface area contributed by atoms with Crippen LogP contribution in [0.2, 0.25) is 0 Å². The third-order valence-corrected chi connectivity index (χ3v) is 9.11. The van der Waals surface area contributed by atoms with Gasteiger partial charge in [-0.05, 0) is 95.6 Å². The summed E-state index contributed by atoms with van der Waals surface area (Å²) in [6.45, 7) is 0. The summed E-state index contributed by atoms with van der Waals surface area (Å²) in [4.78, 5) is 0. The molecule has 0 N–H and O–H groups in total. The van der Waals surface area contributed by atoms with Crippen LogP contribution in [-0.2, 0) is 0 Å². The van der Waals surface area contributed by atoms with Crippen molar-refractivity contribution in [1.29, 1.82) is 0 Å². The summed E-state index contributed by atoms with van der Waals surface area (Å²) in [6.07, 6.45) is 0. The first-order chi connectivity index (χ1) is 5.46. The number of hydrogen-bond donors (Lipinski definition) is 0. The minimum Gasteiger partial charge on any atom is -0.0483 e. The molecule has 0 fully saturated rings. The third kappa shape index (κ3) is 3.44. The molecule has 0 bridgehead atoms. The first-order valence-corrected chi connectivity index (χ1v) is 7.39. The Bertz CT molecular complexity index is 231. The van der Waals surface area contributed by atoms with E-state index in [1.54, 1.807) is 0 Å². The Morgan fingerprint density at radius 2 is 0.462 bits per heavy atom. The fraction of sp³-hybridized carbons (Fsp3) is 0. The average Bonchev–Trinajstić information content (AvgIpc) is 2.08. The van der Waals surface area contributed by atoms with E-state index in [2.05, 4.69) is 95.6 Å². The predicted octanol–water partition coefficient (Wildman–Crippen LogP) is 5.88. The van der Waals surface area contributed by atoms with Gasteiger partial charge in [-0.15, -0.1) is 0 Å². The molecule has 0 amide bonds. The van der Waals surface area contributed by atoms with Crippen LogP contribution in [0.25, 0.3) is 0 Å². The molecule has 0 atom stereocenters. The van der Waals surface area contributed by atoms with Gasteiger partial charge in [0, 0.05) is 51.3 Å². The van der Waals surface area contributed by atoms with E-state index in [9.17, 15) is 0 Å². The van der Waals surface area contributed by atoms with Gasteiger partial charge in [0.15, 0.2) is 0 Å². The van der Waals surface area contributed by atoms with Crippen LogP contribution in [-0.4, -0.2) is 24.4 Å². The molecule has 0 aliphatic heterocycles. The normalized spacial score (nSPS) is 9.69. The maximum atomic E-state index is 3.44. The molecule has 1 aromatic carbocycles. The van der Waals surface area contributed by atoms with E-state index >= 15 is 0 Å². The van der Waals surface area contributed by atoms with Crippen molar-refractivity contribution in [2.45, 2.75) is 0 Å². The van der Waals surface area contributed by atoms with Crippen LogP contribution in [0.5, 0.6) is 0 Å². The van der Waals surface area contributed by atoms with Crippen LogP contribution in [0.3, 0.4) is 0 Å². The molecule has 0 aliphatic rings. The van der Waals surface area contributed by atoms with Gasteiger partial charge in [0.25, 0.3) is 0 Å². The predicted molar refractivity (Wildman–Crippen MR) is 78.4 cm³/mol. The molecular weight excluding hydrogens is 673 g/mol. The number of rotatable bonds is 0. The zero-order valence-electron chi connectivity index (χ0n) is 5.72. The second kappa shape index (κ2) is 6.60. The van der Waals surface area contributed by atoms with Crippen LogP contribution >= 0.6 is 95.6 Å². The van der Waals surface area contributed by atoms with Crippen LogP contribution < -0.4 is 0 Å². The summed E-state index contributed by atoms with van der Waals surface area (Å²) in [7, 11) is 0. The van der Waals surface area contributed by atoms with Gasteiger partial charge in [-0.1, -0.05) is 0 Å². The molecule has 0 saturated heterocycles. The van der Waals surface area contributed by atoms with Gasteiger partial charge in [-0.2, -0.15) is 0 Å². The molecule has 1 aromatic rings. The van der Waals surface area contributed by atoms with E-state index in [4.69, 9.17) is 0 Å². The Morgan fingerprint density at radius 3 is 0.538 bits per heavy atom. The molecule has 0 aliphatic carbocycles. The standard InChI is InChI=1S/C6Br6.Sb/c7-1-2(8)4(10)6(12)5(11)3(1)9;. The van der Waals surface area contributed by atoms with E-state index in [0.29, 0.717) is 0 Å². The van der Waals surface area contributed by atoms with Gasteiger partial charge in [0.05, 0.1) is 0 Å². The third-order valence-electron chi connectivity index (χ3n) is 1.16. The van der Waals surface area contributed by atoms with Crippen LogP contribution in [0.15, 0.2) is 26.8 Å². The van der Waals surface area contributed by atoms with E-state index in [1.165, 1.54) is 0 Å². The quantitative estimate of drug-likeness (QED) is 0.184. The van der Waals surface area contributed by atoms with Crippen molar-refractivity contribution in [1.82, 2.24) is 0 Å². The van der Waals surface area contributed by atoms with Gasteiger partial charge in [0.1, 0.15) is 0 Å². The molecule has 7 heteroatoms. The Hall–Kier alpha value is 2.92. The Kier molecular flexibility index (Phi) is 8.09. The first kappa shape index (κ1) is 15.9. The second-order valence-corrected chi connectivity index (χ2v) is 6.64. The number of benzene rings is 1. The zero-order valence-corrected chi connectivity index (χ0v) is 17.8. The summed E-state index contributed by atoms with van der Waals surface area (Å²) in [5.74, 6) is 0. The second-order valence-electron chi connectivity index (χ2n) is 1.88. The molecular formula is C6Br6Sb. The molecule has 3 radical (unpaired) electrons. The molecule has 0 heterocycles. The molecule has 0 saturated carbocycles. The summed E-state index contributed by atoms with van der Waals surface area (Å²) in [6, 6.07) is 0. The summed E-state index contributed by atoms with van der Waals surface area (Å²) in [5, 5.41) is 0. The van der Waals surface area contributed by atoms with E-state index in [0.717, 1.165) is 26.8 Å². The van der Waals surface area contributed by atoms with E-state index < -0.39 is 0 Å². The zero-order chi connectivity index (χ0) is 9.46. The van der Waals surface area contributed by atoms with Gasteiger partial charge in [-0.3, -0.25) is 0 Å². The Balaban J connectivity index is 0.00000144. The SMILES string of the molecule is Brc1c(Br)c(Br)c(Br)c(Br)c1Br.[Sb]. The van der Waals surface area contributed by atoms with Gasteiger partial charge >= 0.3 is 0 Å². The van der Waals surface area contributed by atoms with Crippen molar-refractivity contribution in [2.24, 2.45) is 0 Å². The van der Waals surface area contributed by atoms with E-state index in [-0.39, 0.29) is 24.4 Å². The monoisotopic (exact) mass is 666 g/mol. The van der Waals surface area contributed by atoms with Crippen LogP contribution in [0.1, 0.15) is 0 Å². The van der Waals surface area contributed by atoms with Crippen molar-refractivity contribution >= 4 is 120 Å². The maximum absolute atomic E-state index is 3.44. The molecule has 13 heavy (non-hydrogen) atoms. The molecule has 0 aromatic heterocycles. The van der Waals surface area contributed by atoms with Gasteiger partial charge in [0.2, 0.25) is 0 Å². The van der Waals surface area contributed by atoms with Crippen LogP contribution in [0.4, 0.5) is 0 Å².